The van der Waals surface area contributed by atoms with E-state index < -0.39 is 0 Å². The summed E-state index contributed by atoms with van der Waals surface area (Å²) in [5.41, 5.74) is 2.26. The maximum atomic E-state index is 12.9. The number of amides is 1. The average Bonchev–Trinajstić information content (AvgIpc) is 3.22. The predicted molar refractivity (Wildman–Crippen MR) is 109 cm³/mol. The Labute approximate surface area is 166 Å². The minimum absolute atomic E-state index is 0.0923. The Morgan fingerprint density at radius 3 is 2.61 bits per heavy atom. The molecule has 1 amide bonds. The van der Waals surface area contributed by atoms with Gasteiger partial charge in [-0.3, -0.25) is 9.78 Å². The number of pyridine rings is 1. The third kappa shape index (κ3) is 3.98. The molecule has 144 valence electrons. The summed E-state index contributed by atoms with van der Waals surface area (Å²) in [6, 6.07) is 14.1. The van der Waals surface area contributed by atoms with Crippen LogP contribution in [0.15, 0.2) is 67.3 Å². The number of hydrogen-bond acceptors (Lipinski definition) is 3. The van der Waals surface area contributed by atoms with E-state index in [1.807, 2.05) is 66.8 Å². The first-order chi connectivity index (χ1) is 13.7. The molecule has 3 aromatic rings. The molecule has 1 aliphatic heterocycles. The highest BCUT2D eigenvalue weighted by molar-refractivity contribution is 5.83. The number of piperidine rings is 1. The lowest BCUT2D eigenvalue weighted by Gasteiger charge is -2.33. The van der Waals surface area contributed by atoms with Crippen molar-refractivity contribution in [3.63, 3.8) is 0 Å². The van der Waals surface area contributed by atoms with Gasteiger partial charge >= 0.3 is 0 Å². The van der Waals surface area contributed by atoms with Crippen molar-refractivity contribution in [2.24, 2.45) is 0 Å². The minimum atomic E-state index is -0.0923. The normalized spacial score (nSPS) is 16.1. The van der Waals surface area contributed by atoms with Gasteiger partial charge < -0.3 is 9.47 Å². The number of benzene rings is 1. The molecular formula is C23H26N4O. The quantitative estimate of drug-likeness (QED) is 0.682. The number of carbonyl (C=O) groups is 1. The fourth-order valence-electron chi connectivity index (χ4n) is 4.02. The van der Waals surface area contributed by atoms with E-state index >= 15 is 0 Å². The molecule has 1 aliphatic rings. The predicted octanol–water partition coefficient (Wildman–Crippen LogP) is 3.84. The van der Waals surface area contributed by atoms with Gasteiger partial charge in [0.1, 0.15) is 5.82 Å². The third-order valence-corrected chi connectivity index (χ3v) is 5.67. The second-order valence-electron chi connectivity index (χ2n) is 7.51. The number of rotatable bonds is 5. The topological polar surface area (TPSA) is 51.0 Å². The monoisotopic (exact) mass is 374 g/mol. The average molecular weight is 374 g/mol. The number of carbonyl (C=O) groups excluding carboxylic acids is 1. The van der Waals surface area contributed by atoms with E-state index in [0.717, 1.165) is 43.9 Å². The molecule has 28 heavy (non-hydrogen) atoms. The third-order valence-electron chi connectivity index (χ3n) is 5.67. The van der Waals surface area contributed by atoms with Crippen LogP contribution in [0.3, 0.4) is 0 Å². The highest BCUT2D eigenvalue weighted by Crippen LogP contribution is 2.29. The van der Waals surface area contributed by atoms with Crippen molar-refractivity contribution >= 4 is 5.91 Å². The standard InChI is InChI=1S/C23H26N4O/c1-18(20-7-3-2-4-8-20)23(28)26-13-9-21(10-14-26)22-25-12-15-27(22)17-19-6-5-11-24-16-19/h2-8,11-12,15-16,18,21H,9-10,13-14,17H2,1H3. The van der Waals surface area contributed by atoms with Gasteiger partial charge in [-0.1, -0.05) is 36.4 Å². The highest BCUT2D eigenvalue weighted by Gasteiger charge is 2.29. The van der Waals surface area contributed by atoms with Crippen LogP contribution in [0.5, 0.6) is 0 Å². The van der Waals surface area contributed by atoms with Crippen LogP contribution in [-0.4, -0.2) is 38.4 Å². The van der Waals surface area contributed by atoms with Crippen molar-refractivity contribution in [3.8, 4) is 0 Å². The number of nitrogens with zero attached hydrogens (tertiary/aromatic N) is 4. The minimum Gasteiger partial charge on any atom is -0.342 e. The van der Waals surface area contributed by atoms with Gasteiger partial charge in [-0.15, -0.1) is 0 Å². The van der Waals surface area contributed by atoms with E-state index in [-0.39, 0.29) is 11.8 Å². The maximum absolute atomic E-state index is 12.9. The van der Waals surface area contributed by atoms with Gasteiger partial charge in [0.05, 0.1) is 12.5 Å². The summed E-state index contributed by atoms with van der Waals surface area (Å²) in [5.74, 6) is 1.64. The summed E-state index contributed by atoms with van der Waals surface area (Å²) < 4.78 is 2.21. The van der Waals surface area contributed by atoms with Crippen LogP contribution in [0.4, 0.5) is 0 Å². The summed E-state index contributed by atoms with van der Waals surface area (Å²) in [6.07, 6.45) is 9.52. The van der Waals surface area contributed by atoms with Crippen LogP contribution in [0.2, 0.25) is 0 Å². The van der Waals surface area contributed by atoms with E-state index in [1.54, 1.807) is 6.20 Å². The van der Waals surface area contributed by atoms with E-state index in [0.29, 0.717) is 5.92 Å². The van der Waals surface area contributed by atoms with Crippen molar-refractivity contribution in [2.45, 2.75) is 38.1 Å². The largest absolute Gasteiger partial charge is 0.342 e. The molecule has 5 heteroatoms. The fourth-order valence-corrected chi connectivity index (χ4v) is 4.02. The molecule has 2 aromatic heterocycles. The molecule has 0 aliphatic carbocycles. The van der Waals surface area contributed by atoms with Crippen molar-refractivity contribution in [2.75, 3.05) is 13.1 Å². The molecule has 0 radical (unpaired) electrons. The number of hydrogen-bond donors (Lipinski definition) is 0. The zero-order valence-corrected chi connectivity index (χ0v) is 16.2. The molecule has 0 saturated carbocycles. The lowest BCUT2D eigenvalue weighted by molar-refractivity contribution is -0.133. The highest BCUT2D eigenvalue weighted by atomic mass is 16.2. The van der Waals surface area contributed by atoms with Gasteiger partial charge in [0.2, 0.25) is 5.91 Å². The smallest absolute Gasteiger partial charge is 0.229 e. The van der Waals surface area contributed by atoms with Gasteiger partial charge in [0, 0.05) is 43.8 Å². The molecule has 1 atom stereocenters. The molecule has 0 bridgehead atoms. The Kier molecular flexibility index (Phi) is 5.51. The second kappa shape index (κ2) is 8.38. The van der Waals surface area contributed by atoms with Crippen molar-refractivity contribution in [1.82, 2.24) is 19.4 Å². The SMILES string of the molecule is CC(C(=O)N1CCC(c2nccn2Cc2cccnc2)CC1)c1ccccc1. The van der Waals surface area contributed by atoms with E-state index in [2.05, 4.69) is 20.6 Å². The molecule has 0 spiro atoms. The van der Waals surface area contributed by atoms with E-state index in [9.17, 15) is 4.79 Å². The summed E-state index contributed by atoms with van der Waals surface area (Å²) in [7, 11) is 0. The molecule has 4 rings (SSSR count). The van der Waals surface area contributed by atoms with Gasteiger partial charge in [-0.05, 0) is 37.0 Å². The van der Waals surface area contributed by atoms with Crippen LogP contribution < -0.4 is 0 Å². The molecule has 1 aromatic carbocycles. The Hall–Kier alpha value is -2.95. The second-order valence-corrected chi connectivity index (χ2v) is 7.51. The lowest BCUT2D eigenvalue weighted by Crippen LogP contribution is -2.40. The van der Waals surface area contributed by atoms with Crippen molar-refractivity contribution < 1.29 is 4.79 Å². The van der Waals surface area contributed by atoms with Crippen LogP contribution in [0, 0.1) is 0 Å². The van der Waals surface area contributed by atoms with Gasteiger partial charge in [-0.25, -0.2) is 4.98 Å². The van der Waals surface area contributed by atoms with Gasteiger partial charge in [0.15, 0.2) is 0 Å². The van der Waals surface area contributed by atoms with Crippen LogP contribution in [0.1, 0.15) is 48.6 Å². The number of imidazole rings is 1. The van der Waals surface area contributed by atoms with Gasteiger partial charge in [-0.2, -0.15) is 0 Å². The first kappa shape index (κ1) is 18.4. The Balaban J connectivity index is 1.38. The molecule has 5 nitrogen and oxygen atoms in total. The van der Waals surface area contributed by atoms with E-state index in [1.165, 1.54) is 5.56 Å². The number of aromatic nitrogens is 3. The van der Waals surface area contributed by atoms with Crippen molar-refractivity contribution in [3.05, 3.63) is 84.2 Å². The summed E-state index contributed by atoms with van der Waals surface area (Å²) in [6.45, 7) is 4.37. The fraction of sp³-hybridized carbons (Fsp3) is 0.348. The summed E-state index contributed by atoms with van der Waals surface area (Å²) in [4.78, 5) is 23.7. The molecular weight excluding hydrogens is 348 g/mol. The first-order valence-electron chi connectivity index (χ1n) is 9.96. The number of likely N-dealkylation sites (tertiary alicyclic amines) is 1. The Morgan fingerprint density at radius 1 is 1.11 bits per heavy atom. The van der Waals surface area contributed by atoms with E-state index in [4.69, 9.17) is 0 Å². The molecule has 1 unspecified atom stereocenters. The van der Waals surface area contributed by atoms with Crippen LogP contribution in [-0.2, 0) is 11.3 Å². The Bertz CT molecular complexity index is 899. The molecule has 1 fully saturated rings. The zero-order chi connectivity index (χ0) is 19.3. The lowest BCUT2D eigenvalue weighted by atomic mass is 9.93. The molecule has 0 N–H and O–H groups in total. The van der Waals surface area contributed by atoms with Crippen LogP contribution >= 0.6 is 0 Å². The maximum Gasteiger partial charge on any atom is 0.229 e. The summed E-state index contributed by atoms with van der Waals surface area (Å²) >= 11 is 0. The molecule has 1 saturated heterocycles. The summed E-state index contributed by atoms with van der Waals surface area (Å²) in [5, 5.41) is 0. The molecule has 3 heterocycles. The first-order valence-corrected chi connectivity index (χ1v) is 9.96. The van der Waals surface area contributed by atoms with Crippen molar-refractivity contribution in [1.29, 1.82) is 0 Å². The van der Waals surface area contributed by atoms with Crippen LogP contribution in [0.25, 0.3) is 0 Å². The zero-order valence-electron chi connectivity index (χ0n) is 16.2. The van der Waals surface area contributed by atoms with Gasteiger partial charge in [0.25, 0.3) is 0 Å². The Morgan fingerprint density at radius 2 is 1.89 bits per heavy atom.